The Bertz CT molecular complexity index is 1110. The van der Waals surface area contributed by atoms with Crippen LogP contribution in [0.3, 0.4) is 0 Å². The predicted octanol–water partition coefficient (Wildman–Crippen LogP) is 4.21. The quantitative estimate of drug-likeness (QED) is 0.629. The fourth-order valence-corrected chi connectivity index (χ4v) is 3.71. The number of sulfonamides is 1. The van der Waals surface area contributed by atoms with Crippen LogP contribution in [0.5, 0.6) is 0 Å². The van der Waals surface area contributed by atoms with Gasteiger partial charge in [-0.2, -0.15) is 0 Å². The summed E-state index contributed by atoms with van der Waals surface area (Å²) in [5, 5.41) is 2.62. The summed E-state index contributed by atoms with van der Waals surface area (Å²) in [6.45, 7) is 0.0792. The molecule has 0 radical (unpaired) electrons. The molecule has 8 heteroatoms. The van der Waals surface area contributed by atoms with E-state index in [1.54, 1.807) is 42.5 Å². The van der Waals surface area contributed by atoms with E-state index in [1.165, 1.54) is 18.2 Å². The van der Waals surface area contributed by atoms with Crippen LogP contribution < -0.4 is 10.0 Å². The molecule has 0 saturated heterocycles. The first kappa shape index (κ1) is 20.0. The number of carbonyl (C=O) groups excluding carboxylic acids is 1. The molecule has 0 bridgehead atoms. The SMILES string of the molecule is O=C(Nc1ccc(S(=O)(=O)NCc2ccccc2)cc1F)c1ccccc1Cl. The Kier molecular flexibility index (Phi) is 6.08. The Balaban J connectivity index is 1.74. The van der Waals surface area contributed by atoms with Gasteiger partial charge in [0, 0.05) is 6.54 Å². The van der Waals surface area contributed by atoms with Crippen LogP contribution in [-0.2, 0) is 16.6 Å². The summed E-state index contributed by atoms with van der Waals surface area (Å²) in [5.74, 6) is -1.47. The minimum absolute atomic E-state index is 0.0792. The molecular formula is C20H16ClFN2O3S. The number of hydrogen-bond donors (Lipinski definition) is 2. The van der Waals surface area contributed by atoms with E-state index in [-0.39, 0.29) is 27.7 Å². The number of benzene rings is 3. The Hall–Kier alpha value is -2.74. The molecule has 5 nitrogen and oxygen atoms in total. The summed E-state index contributed by atoms with van der Waals surface area (Å²) >= 11 is 5.95. The first-order valence-corrected chi connectivity index (χ1v) is 10.1. The van der Waals surface area contributed by atoms with Gasteiger partial charge in [0.25, 0.3) is 5.91 Å². The predicted molar refractivity (Wildman–Crippen MR) is 106 cm³/mol. The lowest BCUT2D eigenvalue weighted by molar-refractivity contribution is 0.102. The van der Waals surface area contributed by atoms with E-state index in [4.69, 9.17) is 11.6 Å². The highest BCUT2D eigenvalue weighted by Gasteiger charge is 2.18. The third-order valence-electron chi connectivity index (χ3n) is 3.93. The summed E-state index contributed by atoms with van der Waals surface area (Å²) in [6, 6.07) is 18.6. The van der Waals surface area contributed by atoms with Crippen LogP contribution in [0, 0.1) is 5.82 Å². The second-order valence-corrected chi connectivity index (χ2v) is 8.06. The number of hydrogen-bond acceptors (Lipinski definition) is 3. The van der Waals surface area contributed by atoms with Crippen molar-refractivity contribution in [1.82, 2.24) is 4.72 Å². The molecule has 0 spiro atoms. The second-order valence-electron chi connectivity index (χ2n) is 5.89. The fourth-order valence-electron chi connectivity index (χ4n) is 2.46. The summed E-state index contributed by atoms with van der Waals surface area (Å²) < 4.78 is 41.5. The highest BCUT2D eigenvalue weighted by Crippen LogP contribution is 2.22. The largest absolute Gasteiger partial charge is 0.319 e. The van der Waals surface area contributed by atoms with Crippen molar-refractivity contribution >= 4 is 33.2 Å². The van der Waals surface area contributed by atoms with Crippen LogP contribution in [0.15, 0.2) is 77.7 Å². The molecule has 3 rings (SSSR count). The maximum Gasteiger partial charge on any atom is 0.257 e. The van der Waals surface area contributed by atoms with Crippen molar-refractivity contribution in [3.63, 3.8) is 0 Å². The minimum atomic E-state index is -3.91. The number of carbonyl (C=O) groups is 1. The van der Waals surface area contributed by atoms with Gasteiger partial charge in [-0.15, -0.1) is 0 Å². The van der Waals surface area contributed by atoms with E-state index in [1.807, 2.05) is 6.07 Å². The van der Waals surface area contributed by atoms with Gasteiger partial charge in [0.05, 0.1) is 21.2 Å². The zero-order chi connectivity index (χ0) is 20.1. The molecule has 0 unspecified atom stereocenters. The summed E-state index contributed by atoms with van der Waals surface area (Å²) in [4.78, 5) is 12.0. The van der Waals surface area contributed by atoms with E-state index < -0.39 is 21.7 Å². The Morgan fingerprint density at radius 3 is 2.32 bits per heavy atom. The molecule has 0 fully saturated rings. The molecular weight excluding hydrogens is 403 g/mol. The van der Waals surface area contributed by atoms with Gasteiger partial charge in [-0.25, -0.2) is 17.5 Å². The van der Waals surface area contributed by atoms with Crippen LogP contribution in [-0.4, -0.2) is 14.3 Å². The van der Waals surface area contributed by atoms with Crippen molar-refractivity contribution in [3.05, 3.63) is 94.8 Å². The third-order valence-corrected chi connectivity index (χ3v) is 5.66. The molecule has 0 atom stereocenters. The van der Waals surface area contributed by atoms with Crippen LogP contribution in [0.4, 0.5) is 10.1 Å². The fraction of sp³-hybridized carbons (Fsp3) is 0.0500. The highest BCUT2D eigenvalue weighted by atomic mass is 35.5. The number of nitrogens with one attached hydrogen (secondary N) is 2. The van der Waals surface area contributed by atoms with E-state index >= 15 is 0 Å². The molecule has 3 aromatic rings. The zero-order valence-corrected chi connectivity index (χ0v) is 16.1. The minimum Gasteiger partial charge on any atom is -0.319 e. The summed E-state index contributed by atoms with van der Waals surface area (Å²) in [7, 11) is -3.91. The van der Waals surface area contributed by atoms with Crippen molar-refractivity contribution in [2.75, 3.05) is 5.32 Å². The van der Waals surface area contributed by atoms with E-state index in [2.05, 4.69) is 10.0 Å². The lowest BCUT2D eigenvalue weighted by Gasteiger charge is -2.10. The Labute approximate surface area is 167 Å². The van der Waals surface area contributed by atoms with Gasteiger partial charge in [0.15, 0.2) is 0 Å². The monoisotopic (exact) mass is 418 g/mol. The molecule has 0 aliphatic carbocycles. The maximum atomic E-state index is 14.4. The van der Waals surface area contributed by atoms with Gasteiger partial charge < -0.3 is 5.32 Å². The number of rotatable bonds is 6. The second kappa shape index (κ2) is 8.52. The topological polar surface area (TPSA) is 75.3 Å². The molecule has 0 aliphatic heterocycles. The van der Waals surface area contributed by atoms with Gasteiger partial charge in [-0.05, 0) is 35.9 Å². The third kappa shape index (κ3) is 4.75. The van der Waals surface area contributed by atoms with Crippen molar-refractivity contribution in [3.8, 4) is 0 Å². The first-order chi connectivity index (χ1) is 13.4. The van der Waals surface area contributed by atoms with Gasteiger partial charge in [0.2, 0.25) is 10.0 Å². The number of anilines is 1. The van der Waals surface area contributed by atoms with Gasteiger partial charge in [-0.1, -0.05) is 54.1 Å². The normalized spacial score (nSPS) is 11.2. The van der Waals surface area contributed by atoms with Gasteiger partial charge in [-0.3, -0.25) is 4.79 Å². The van der Waals surface area contributed by atoms with Crippen molar-refractivity contribution in [2.24, 2.45) is 0 Å². The van der Waals surface area contributed by atoms with Gasteiger partial charge in [0.1, 0.15) is 5.82 Å². The summed E-state index contributed by atoms with van der Waals surface area (Å²) in [5.41, 5.74) is 0.812. The van der Waals surface area contributed by atoms with Crippen LogP contribution >= 0.6 is 11.6 Å². The lowest BCUT2D eigenvalue weighted by Crippen LogP contribution is -2.23. The lowest BCUT2D eigenvalue weighted by atomic mass is 10.2. The average Bonchev–Trinajstić information content (AvgIpc) is 2.69. The maximum absolute atomic E-state index is 14.4. The molecule has 0 aliphatic rings. The van der Waals surface area contributed by atoms with Gasteiger partial charge >= 0.3 is 0 Å². The highest BCUT2D eigenvalue weighted by molar-refractivity contribution is 7.89. The first-order valence-electron chi connectivity index (χ1n) is 8.26. The molecule has 3 aromatic carbocycles. The standard InChI is InChI=1S/C20H16ClFN2O3S/c21-17-9-5-4-8-16(17)20(25)24-19-11-10-15(12-18(19)22)28(26,27)23-13-14-6-2-1-3-7-14/h1-12,23H,13H2,(H,24,25). The molecule has 144 valence electrons. The molecule has 28 heavy (non-hydrogen) atoms. The van der Waals surface area contributed by atoms with Crippen LogP contribution in [0.1, 0.15) is 15.9 Å². The molecule has 0 aromatic heterocycles. The van der Waals surface area contributed by atoms with E-state index in [0.29, 0.717) is 0 Å². The average molecular weight is 419 g/mol. The van der Waals surface area contributed by atoms with E-state index in [0.717, 1.165) is 11.6 Å². The molecule has 1 amide bonds. The smallest absolute Gasteiger partial charge is 0.257 e. The summed E-state index contributed by atoms with van der Waals surface area (Å²) in [6.07, 6.45) is 0. The molecule has 0 heterocycles. The number of amides is 1. The van der Waals surface area contributed by atoms with Crippen LogP contribution in [0.2, 0.25) is 5.02 Å². The van der Waals surface area contributed by atoms with Crippen LogP contribution in [0.25, 0.3) is 0 Å². The van der Waals surface area contributed by atoms with E-state index in [9.17, 15) is 17.6 Å². The zero-order valence-electron chi connectivity index (χ0n) is 14.5. The number of halogens is 2. The van der Waals surface area contributed by atoms with Crippen molar-refractivity contribution in [1.29, 1.82) is 0 Å². The van der Waals surface area contributed by atoms with Crippen molar-refractivity contribution in [2.45, 2.75) is 11.4 Å². The Morgan fingerprint density at radius 2 is 1.64 bits per heavy atom. The molecule has 0 saturated carbocycles. The van der Waals surface area contributed by atoms with Crippen molar-refractivity contribution < 1.29 is 17.6 Å². The Morgan fingerprint density at radius 1 is 0.964 bits per heavy atom. The molecule has 2 N–H and O–H groups in total.